The molecule has 4 heteroatoms. The van der Waals surface area contributed by atoms with Gasteiger partial charge in [0, 0.05) is 12.0 Å². The molecule has 0 radical (unpaired) electrons. The Labute approximate surface area is 104 Å². The molecule has 0 bridgehead atoms. The normalized spacial score (nSPS) is 11.7. The first-order chi connectivity index (χ1) is 7.62. The number of ether oxygens (including phenoxy) is 2. The molecule has 0 aliphatic heterocycles. The maximum atomic E-state index is 5.71. The summed E-state index contributed by atoms with van der Waals surface area (Å²) in [5.41, 5.74) is 6.65. The lowest BCUT2D eigenvalue weighted by atomic mass is 10.1. The van der Waals surface area contributed by atoms with Crippen LogP contribution in [0.1, 0.15) is 5.56 Å². The molecular formula is C12H14BrNO2. The Kier molecular flexibility index (Phi) is 4.66. The number of rotatable bonds is 4. The standard InChI is InChI=1S/C12H14BrNO2/c1-4-9(14)5-8-6-12(16-3)10(13)7-11(8)15-2/h1,6-7,9H,5,14H2,2-3H3. The van der Waals surface area contributed by atoms with Gasteiger partial charge in [0.1, 0.15) is 11.5 Å². The third-order valence-corrected chi connectivity index (χ3v) is 2.83. The third-order valence-electron chi connectivity index (χ3n) is 2.21. The summed E-state index contributed by atoms with van der Waals surface area (Å²) >= 11 is 3.39. The van der Waals surface area contributed by atoms with E-state index in [1.807, 2.05) is 12.1 Å². The van der Waals surface area contributed by atoms with E-state index in [9.17, 15) is 0 Å². The molecule has 0 fully saturated rings. The van der Waals surface area contributed by atoms with Gasteiger partial charge >= 0.3 is 0 Å². The molecule has 0 heterocycles. The van der Waals surface area contributed by atoms with Crippen LogP contribution < -0.4 is 15.2 Å². The van der Waals surface area contributed by atoms with Crippen molar-refractivity contribution in [1.82, 2.24) is 0 Å². The second kappa shape index (κ2) is 5.78. The van der Waals surface area contributed by atoms with Gasteiger partial charge in [-0.2, -0.15) is 0 Å². The maximum absolute atomic E-state index is 5.71. The highest BCUT2D eigenvalue weighted by Crippen LogP contribution is 2.33. The molecule has 0 aliphatic rings. The highest BCUT2D eigenvalue weighted by Gasteiger charge is 2.11. The summed E-state index contributed by atoms with van der Waals surface area (Å²) in [7, 11) is 3.22. The minimum atomic E-state index is -0.320. The molecule has 0 aromatic heterocycles. The van der Waals surface area contributed by atoms with Crippen molar-refractivity contribution in [2.45, 2.75) is 12.5 Å². The average Bonchev–Trinajstić information content (AvgIpc) is 2.30. The van der Waals surface area contributed by atoms with Gasteiger partial charge in [-0.3, -0.25) is 0 Å². The van der Waals surface area contributed by atoms with Gasteiger partial charge in [0.05, 0.1) is 24.7 Å². The number of halogens is 1. The molecule has 1 aromatic rings. The Bertz CT molecular complexity index is 412. The Hall–Kier alpha value is -1.18. The number of hydrogen-bond acceptors (Lipinski definition) is 3. The molecular weight excluding hydrogens is 270 g/mol. The van der Waals surface area contributed by atoms with Gasteiger partial charge in [-0.15, -0.1) is 6.42 Å². The summed E-state index contributed by atoms with van der Waals surface area (Å²) < 4.78 is 11.3. The zero-order valence-corrected chi connectivity index (χ0v) is 10.9. The molecule has 2 N–H and O–H groups in total. The maximum Gasteiger partial charge on any atom is 0.133 e. The molecule has 1 aromatic carbocycles. The summed E-state index contributed by atoms with van der Waals surface area (Å²) in [6.07, 6.45) is 5.81. The van der Waals surface area contributed by atoms with Crippen LogP contribution in [0.3, 0.4) is 0 Å². The van der Waals surface area contributed by atoms with E-state index >= 15 is 0 Å². The first-order valence-corrected chi connectivity index (χ1v) is 5.53. The second-order valence-electron chi connectivity index (χ2n) is 3.28. The molecule has 0 saturated heterocycles. The van der Waals surface area contributed by atoms with Gasteiger partial charge in [0.15, 0.2) is 0 Å². The van der Waals surface area contributed by atoms with Crippen molar-refractivity contribution in [3.63, 3.8) is 0 Å². The third kappa shape index (κ3) is 2.91. The largest absolute Gasteiger partial charge is 0.496 e. The van der Waals surface area contributed by atoms with E-state index < -0.39 is 0 Å². The van der Waals surface area contributed by atoms with E-state index in [0.717, 1.165) is 21.5 Å². The zero-order valence-electron chi connectivity index (χ0n) is 9.29. The molecule has 1 rings (SSSR count). The molecule has 1 atom stereocenters. The Balaban J connectivity index is 3.10. The van der Waals surface area contributed by atoms with E-state index in [2.05, 4.69) is 21.9 Å². The molecule has 0 spiro atoms. The monoisotopic (exact) mass is 283 g/mol. The van der Waals surface area contributed by atoms with Crippen LogP contribution in [-0.4, -0.2) is 20.3 Å². The van der Waals surface area contributed by atoms with Crippen LogP contribution in [0.2, 0.25) is 0 Å². The number of terminal acetylenes is 1. The molecule has 0 saturated carbocycles. The smallest absolute Gasteiger partial charge is 0.133 e. The van der Waals surface area contributed by atoms with Crippen LogP contribution in [0, 0.1) is 12.3 Å². The fourth-order valence-electron chi connectivity index (χ4n) is 1.38. The van der Waals surface area contributed by atoms with Crippen LogP contribution in [0.4, 0.5) is 0 Å². The van der Waals surface area contributed by atoms with Gasteiger partial charge in [0.25, 0.3) is 0 Å². The van der Waals surface area contributed by atoms with Crippen LogP contribution in [-0.2, 0) is 6.42 Å². The molecule has 86 valence electrons. The van der Waals surface area contributed by atoms with Crippen molar-refractivity contribution < 1.29 is 9.47 Å². The molecule has 1 unspecified atom stereocenters. The van der Waals surface area contributed by atoms with Gasteiger partial charge in [-0.05, 0) is 28.1 Å². The number of hydrogen-bond donors (Lipinski definition) is 1. The van der Waals surface area contributed by atoms with Crippen molar-refractivity contribution in [2.75, 3.05) is 14.2 Å². The Morgan fingerprint density at radius 3 is 2.50 bits per heavy atom. The number of methoxy groups -OCH3 is 2. The topological polar surface area (TPSA) is 44.5 Å². The molecule has 3 nitrogen and oxygen atoms in total. The van der Waals surface area contributed by atoms with Gasteiger partial charge in [-0.25, -0.2) is 0 Å². The van der Waals surface area contributed by atoms with E-state index in [-0.39, 0.29) is 6.04 Å². The van der Waals surface area contributed by atoms with Crippen LogP contribution in [0.15, 0.2) is 16.6 Å². The SMILES string of the molecule is C#CC(N)Cc1cc(OC)c(Br)cc1OC. The highest BCUT2D eigenvalue weighted by molar-refractivity contribution is 9.10. The van der Waals surface area contributed by atoms with Crippen molar-refractivity contribution in [3.05, 3.63) is 22.2 Å². The fraction of sp³-hybridized carbons (Fsp3) is 0.333. The van der Waals surface area contributed by atoms with Gasteiger partial charge in [-0.1, -0.05) is 5.92 Å². The molecule has 16 heavy (non-hydrogen) atoms. The van der Waals surface area contributed by atoms with E-state index in [0.29, 0.717) is 6.42 Å². The van der Waals surface area contributed by atoms with Gasteiger partial charge < -0.3 is 15.2 Å². The quantitative estimate of drug-likeness (QED) is 0.860. The van der Waals surface area contributed by atoms with E-state index in [1.165, 1.54) is 0 Å². The first-order valence-electron chi connectivity index (χ1n) is 4.74. The van der Waals surface area contributed by atoms with E-state index in [4.69, 9.17) is 21.6 Å². The lowest BCUT2D eigenvalue weighted by Gasteiger charge is -2.13. The fourth-order valence-corrected chi connectivity index (χ4v) is 1.86. The summed E-state index contributed by atoms with van der Waals surface area (Å²) in [6, 6.07) is 3.40. The van der Waals surface area contributed by atoms with Crippen molar-refractivity contribution in [1.29, 1.82) is 0 Å². The van der Waals surface area contributed by atoms with E-state index in [1.54, 1.807) is 14.2 Å². The van der Waals surface area contributed by atoms with Crippen LogP contribution in [0.5, 0.6) is 11.5 Å². The summed E-state index contributed by atoms with van der Waals surface area (Å²) in [4.78, 5) is 0. The minimum Gasteiger partial charge on any atom is -0.496 e. The first kappa shape index (κ1) is 12.9. The summed E-state index contributed by atoms with van der Waals surface area (Å²) in [5, 5.41) is 0. The minimum absolute atomic E-state index is 0.320. The predicted molar refractivity (Wildman–Crippen MR) is 67.8 cm³/mol. The lowest BCUT2D eigenvalue weighted by Crippen LogP contribution is -2.20. The summed E-state index contributed by atoms with van der Waals surface area (Å²) in [5.74, 6) is 3.97. The molecule has 0 aliphatic carbocycles. The van der Waals surface area contributed by atoms with Crippen molar-refractivity contribution >= 4 is 15.9 Å². The van der Waals surface area contributed by atoms with Crippen molar-refractivity contribution in [2.24, 2.45) is 5.73 Å². The second-order valence-corrected chi connectivity index (χ2v) is 4.13. The predicted octanol–water partition coefficient (Wildman–Crippen LogP) is 1.97. The van der Waals surface area contributed by atoms with Crippen molar-refractivity contribution in [3.8, 4) is 23.8 Å². The Morgan fingerprint density at radius 1 is 1.38 bits per heavy atom. The number of benzene rings is 1. The van der Waals surface area contributed by atoms with Gasteiger partial charge in [0.2, 0.25) is 0 Å². The lowest BCUT2D eigenvalue weighted by molar-refractivity contribution is 0.396. The zero-order chi connectivity index (χ0) is 12.1. The number of nitrogens with two attached hydrogens (primary N) is 1. The van der Waals surface area contributed by atoms with Crippen LogP contribution in [0.25, 0.3) is 0 Å². The summed E-state index contributed by atoms with van der Waals surface area (Å²) in [6.45, 7) is 0. The van der Waals surface area contributed by atoms with Crippen LogP contribution >= 0.6 is 15.9 Å². The Morgan fingerprint density at radius 2 is 2.00 bits per heavy atom. The molecule has 0 amide bonds. The highest BCUT2D eigenvalue weighted by atomic mass is 79.9. The average molecular weight is 284 g/mol.